The van der Waals surface area contributed by atoms with Gasteiger partial charge in [-0.3, -0.25) is 9.59 Å². The number of likely N-dealkylation sites (tertiary alicyclic amines) is 1. The number of rotatable bonds is 12. The van der Waals surface area contributed by atoms with Gasteiger partial charge in [-0.25, -0.2) is 14.6 Å². The van der Waals surface area contributed by atoms with Crippen LogP contribution in [0.1, 0.15) is 43.9 Å². The lowest BCUT2D eigenvalue weighted by atomic mass is 10.0. The highest BCUT2D eigenvalue weighted by molar-refractivity contribution is 5.95. The molecule has 286 valence electrons. The molecule has 13 nitrogen and oxygen atoms in total. The molecule has 0 radical (unpaired) electrons. The normalized spacial score (nSPS) is 24.5. The van der Waals surface area contributed by atoms with Crippen LogP contribution in [-0.2, 0) is 20.8 Å². The molecule has 0 unspecified atom stereocenters. The molecule has 1 saturated heterocycles. The summed E-state index contributed by atoms with van der Waals surface area (Å²) < 4.78 is 12.1. The van der Waals surface area contributed by atoms with Crippen LogP contribution in [0.5, 0.6) is 11.5 Å². The second-order valence-corrected chi connectivity index (χ2v) is 14.8. The minimum atomic E-state index is -1.52. The van der Waals surface area contributed by atoms with Gasteiger partial charge in [0.1, 0.15) is 35.2 Å². The zero-order valence-electron chi connectivity index (χ0n) is 30.9. The molecule has 1 aliphatic heterocycles. The second-order valence-electron chi connectivity index (χ2n) is 14.8. The molecule has 2 fully saturated rings. The average Bonchev–Trinajstić information content (AvgIpc) is 3.59. The van der Waals surface area contributed by atoms with Gasteiger partial charge in [0, 0.05) is 41.8 Å². The van der Waals surface area contributed by atoms with Gasteiger partial charge in [0.05, 0.1) is 37.0 Å². The molecular weight excluding hydrogens is 702 g/mol. The van der Waals surface area contributed by atoms with Crippen molar-refractivity contribution in [2.24, 2.45) is 11.8 Å². The van der Waals surface area contributed by atoms with Crippen LogP contribution >= 0.6 is 0 Å². The molecule has 13 heteroatoms. The molecule has 5 N–H and O–H groups in total. The number of methoxy groups -OCH3 is 1. The molecule has 4 aromatic rings. The molecule has 3 aliphatic rings. The number of nitrogens with one attached hydrogen (secondary N) is 3. The van der Waals surface area contributed by atoms with Crippen molar-refractivity contribution < 1.29 is 38.9 Å². The average molecular weight is 748 g/mol. The number of carboxylic acid groups (broad SMARTS) is 1. The number of hydrogen-bond donors (Lipinski definition) is 5. The van der Waals surface area contributed by atoms with Crippen LogP contribution in [0.2, 0.25) is 0 Å². The maximum atomic E-state index is 14.2. The van der Waals surface area contributed by atoms with Crippen molar-refractivity contribution in [1.82, 2.24) is 25.8 Å². The number of benzene rings is 3. The van der Waals surface area contributed by atoms with Gasteiger partial charge >= 0.3 is 12.0 Å². The van der Waals surface area contributed by atoms with Crippen LogP contribution in [0.25, 0.3) is 22.2 Å². The van der Waals surface area contributed by atoms with Crippen molar-refractivity contribution in [2.45, 2.75) is 69.0 Å². The predicted octanol–water partition coefficient (Wildman–Crippen LogP) is 4.39. The molecule has 1 saturated carbocycles. The van der Waals surface area contributed by atoms with Gasteiger partial charge in [-0.05, 0) is 35.6 Å². The van der Waals surface area contributed by atoms with Crippen molar-refractivity contribution in [1.29, 1.82) is 0 Å². The molecule has 3 aromatic carbocycles. The number of aliphatic hydroxyl groups is 1. The fourth-order valence-corrected chi connectivity index (χ4v) is 7.75. The molecule has 2 aliphatic carbocycles. The van der Waals surface area contributed by atoms with E-state index in [9.17, 15) is 29.4 Å². The van der Waals surface area contributed by atoms with Crippen LogP contribution in [0.4, 0.5) is 4.79 Å². The maximum Gasteiger partial charge on any atom is 0.330 e. The number of aromatic nitrogens is 1. The summed E-state index contributed by atoms with van der Waals surface area (Å²) in [4.78, 5) is 60.5. The number of pyridine rings is 1. The second kappa shape index (κ2) is 15.1. The SMILES string of the molecule is C=C[C@@H]1C[C@]1(NC(=O)[C@@H]1C[C@@H](Oc2cc(-c3ccccc3)nc3cc(OC)ccc23)CN1C(=O)N[C@H](C(=O)N[C@H]1c2ccccc2C[C@H]1O)C(C)C)C(=O)O. The molecule has 7 rings (SSSR count). The first-order valence-electron chi connectivity index (χ1n) is 18.4. The lowest BCUT2D eigenvalue weighted by molar-refractivity contribution is -0.144. The van der Waals surface area contributed by atoms with Crippen molar-refractivity contribution in [3.8, 4) is 22.8 Å². The lowest BCUT2D eigenvalue weighted by Gasteiger charge is -2.30. The topological polar surface area (TPSA) is 179 Å². The highest BCUT2D eigenvalue weighted by atomic mass is 16.5. The predicted molar refractivity (Wildman–Crippen MR) is 204 cm³/mol. The first-order chi connectivity index (χ1) is 26.4. The smallest absolute Gasteiger partial charge is 0.330 e. The Bertz CT molecular complexity index is 2140. The summed E-state index contributed by atoms with van der Waals surface area (Å²) >= 11 is 0. The number of aliphatic hydroxyl groups excluding tert-OH is 1. The Morgan fingerprint density at radius 2 is 1.78 bits per heavy atom. The van der Waals surface area contributed by atoms with Gasteiger partial charge in [0.25, 0.3) is 0 Å². The first-order valence-corrected chi connectivity index (χ1v) is 18.4. The van der Waals surface area contributed by atoms with E-state index in [0.717, 1.165) is 16.7 Å². The first kappa shape index (κ1) is 37.4. The highest BCUT2D eigenvalue weighted by Gasteiger charge is 2.61. The summed E-state index contributed by atoms with van der Waals surface area (Å²) in [5, 5.41) is 30.0. The van der Waals surface area contributed by atoms with Crippen LogP contribution in [0.15, 0.2) is 91.5 Å². The number of fused-ring (bicyclic) bond motifs is 2. The van der Waals surface area contributed by atoms with E-state index < -0.39 is 65.6 Å². The van der Waals surface area contributed by atoms with Gasteiger partial charge in [-0.1, -0.05) is 74.5 Å². The minimum absolute atomic E-state index is 0.0396. The molecule has 7 atom stereocenters. The number of hydrogen-bond acceptors (Lipinski definition) is 8. The summed E-state index contributed by atoms with van der Waals surface area (Å²) in [5.74, 6) is -2.08. The van der Waals surface area contributed by atoms with E-state index in [2.05, 4.69) is 22.5 Å². The van der Waals surface area contributed by atoms with Crippen molar-refractivity contribution in [3.63, 3.8) is 0 Å². The number of carbonyl (C=O) groups excluding carboxylic acids is 3. The Balaban J connectivity index is 1.17. The van der Waals surface area contributed by atoms with E-state index in [1.165, 1.54) is 11.0 Å². The van der Waals surface area contributed by atoms with Gasteiger partial charge < -0.3 is 40.5 Å². The molecule has 2 heterocycles. The van der Waals surface area contributed by atoms with Gasteiger partial charge in [-0.2, -0.15) is 0 Å². The zero-order chi connectivity index (χ0) is 39.0. The highest BCUT2D eigenvalue weighted by Crippen LogP contribution is 2.45. The lowest BCUT2D eigenvalue weighted by Crippen LogP contribution is -2.58. The molecule has 0 bridgehead atoms. The third-order valence-electron chi connectivity index (χ3n) is 10.9. The zero-order valence-corrected chi connectivity index (χ0v) is 30.9. The van der Waals surface area contributed by atoms with E-state index >= 15 is 0 Å². The third kappa shape index (κ3) is 7.31. The Labute approximate surface area is 318 Å². The van der Waals surface area contributed by atoms with E-state index in [1.807, 2.05) is 66.7 Å². The summed E-state index contributed by atoms with van der Waals surface area (Å²) in [7, 11) is 1.57. The fourth-order valence-electron chi connectivity index (χ4n) is 7.75. The molecule has 55 heavy (non-hydrogen) atoms. The van der Waals surface area contributed by atoms with Crippen LogP contribution in [-0.4, -0.2) is 87.4 Å². The molecule has 4 amide bonds. The summed E-state index contributed by atoms with van der Waals surface area (Å²) in [6.45, 7) is 7.25. The quantitative estimate of drug-likeness (QED) is 0.132. The number of carbonyl (C=O) groups is 4. The van der Waals surface area contributed by atoms with Crippen LogP contribution in [0, 0.1) is 11.8 Å². The molecular formula is C42H45N5O8. The Kier molecular flexibility index (Phi) is 10.2. The molecule has 0 spiro atoms. The fraction of sp³-hybridized carbons (Fsp3) is 0.357. The monoisotopic (exact) mass is 747 g/mol. The Morgan fingerprint density at radius 1 is 1.04 bits per heavy atom. The van der Waals surface area contributed by atoms with E-state index in [-0.39, 0.29) is 25.3 Å². The van der Waals surface area contributed by atoms with Gasteiger partial charge in [-0.15, -0.1) is 6.58 Å². The number of ether oxygens (including phenoxy) is 2. The van der Waals surface area contributed by atoms with Gasteiger partial charge in [0.2, 0.25) is 11.8 Å². The van der Waals surface area contributed by atoms with Crippen molar-refractivity contribution in [3.05, 3.63) is 103 Å². The summed E-state index contributed by atoms with van der Waals surface area (Å²) in [5.41, 5.74) is 2.35. The number of nitrogens with zero attached hydrogens (tertiary/aromatic N) is 2. The van der Waals surface area contributed by atoms with Crippen molar-refractivity contribution >= 4 is 34.7 Å². The van der Waals surface area contributed by atoms with Gasteiger partial charge in [0.15, 0.2) is 0 Å². The largest absolute Gasteiger partial charge is 0.497 e. The Morgan fingerprint density at radius 3 is 2.47 bits per heavy atom. The number of aliphatic carboxylic acids is 1. The molecule has 1 aromatic heterocycles. The number of amides is 4. The Hall–Kier alpha value is -5.95. The summed E-state index contributed by atoms with van der Waals surface area (Å²) in [6, 6.07) is 20.8. The maximum absolute atomic E-state index is 14.2. The minimum Gasteiger partial charge on any atom is -0.497 e. The summed E-state index contributed by atoms with van der Waals surface area (Å²) in [6.07, 6.45) is 0.576. The number of carboxylic acids is 1. The van der Waals surface area contributed by atoms with E-state index in [4.69, 9.17) is 14.5 Å². The van der Waals surface area contributed by atoms with Crippen LogP contribution < -0.4 is 25.4 Å². The van der Waals surface area contributed by atoms with Crippen LogP contribution in [0.3, 0.4) is 0 Å². The van der Waals surface area contributed by atoms with Crippen molar-refractivity contribution in [2.75, 3.05) is 13.7 Å². The van der Waals surface area contributed by atoms with E-state index in [1.54, 1.807) is 33.1 Å². The standard InChI is InChI=1S/C42H45N5O8/c1-5-26-21-42(26,40(51)52)46-38(49)33-19-28(55-35-20-31(24-11-7-6-8-12-24)43-32-18-27(54-4)15-16-30(32)35)22-47(33)41(53)45-36(23(2)3)39(50)44-37-29-14-10-9-13-25(29)17-34(37)48/h5-16,18,20,23,26,28,33-34,36-37,48H,1,17,19,21-22H2,2-4H3,(H,44,50)(H,45,53)(H,46,49)(H,51,52)/t26-,28-,33+,34-,36+,37+,42-/m1/s1. The third-order valence-corrected chi connectivity index (χ3v) is 10.9. The number of urea groups is 1. The van der Waals surface area contributed by atoms with E-state index in [0.29, 0.717) is 34.5 Å².